The first kappa shape index (κ1) is 26.9. The van der Waals surface area contributed by atoms with E-state index >= 15 is 0 Å². The number of hydrogen-bond donors (Lipinski definition) is 1. The van der Waals surface area contributed by atoms with E-state index in [1.807, 2.05) is 49.7 Å². The van der Waals surface area contributed by atoms with Crippen molar-refractivity contribution in [1.82, 2.24) is 24.6 Å². The molecule has 0 bridgehead atoms. The number of fused-ring (bicyclic) bond motifs is 1. The molecule has 3 aromatic heterocycles. The van der Waals surface area contributed by atoms with E-state index in [1.54, 1.807) is 17.3 Å². The maximum atomic E-state index is 12.4. The third-order valence-electron chi connectivity index (χ3n) is 6.01. The molecule has 1 amide bonds. The minimum atomic E-state index is -1.11. The predicted octanol–water partition coefficient (Wildman–Crippen LogP) is 4.94. The average molecular weight is 526 g/mol. The fourth-order valence-electron chi connectivity index (χ4n) is 3.96. The quantitative estimate of drug-likeness (QED) is 0.326. The van der Waals surface area contributed by atoms with Crippen LogP contribution >= 0.6 is 0 Å². The first-order chi connectivity index (χ1) is 17.5. The first-order valence-corrected chi connectivity index (χ1v) is 16.5. The van der Waals surface area contributed by atoms with Crippen LogP contribution in [0, 0.1) is 0 Å². The maximum absolute atomic E-state index is 12.4. The summed E-state index contributed by atoms with van der Waals surface area (Å²) in [7, 11) is -1.11. The lowest BCUT2D eigenvalue weighted by Crippen LogP contribution is -2.50. The lowest BCUT2D eigenvalue weighted by molar-refractivity contribution is 0.0240. The van der Waals surface area contributed by atoms with Gasteiger partial charge in [-0.2, -0.15) is 5.10 Å². The van der Waals surface area contributed by atoms with Crippen LogP contribution in [0.5, 0.6) is 0 Å². The summed E-state index contributed by atoms with van der Waals surface area (Å²) >= 11 is 0. The molecule has 1 fully saturated rings. The van der Waals surface area contributed by atoms with E-state index in [2.05, 4.69) is 39.9 Å². The lowest BCUT2D eigenvalue weighted by Gasteiger charge is -2.36. The number of ether oxygens (including phenoxy) is 2. The monoisotopic (exact) mass is 525 g/mol. The normalized spacial score (nSPS) is 14.8. The molecule has 4 heterocycles. The number of rotatable bonds is 8. The van der Waals surface area contributed by atoms with Crippen molar-refractivity contribution in [1.29, 1.82) is 0 Å². The van der Waals surface area contributed by atoms with Gasteiger partial charge in [-0.3, -0.25) is 0 Å². The summed E-state index contributed by atoms with van der Waals surface area (Å²) in [5, 5.41) is 7.75. The number of piperazine rings is 1. The van der Waals surface area contributed by atoms with Gasteiger partial charge in [0.25, 0.3) is 0 Å². The van der Waals surface area contributed by atoms with Crippen molar-refractivity contribution < 1.29 is 14.3 Å². The second-order valence-electron chi connectivity index (χ2n) is 11.6. The third-order valence-corrected chi connectivity index (χ3v) is 7.71. The molecule has 1 N–H and O–H groups in total. The Morgan fingerprint density at radius 2 is 1.84 bits per heavy atom. The molecular weight excluding hydrogens is 486 g/mol. The van der Waals surface area contributed by atoms with Crippen molar-refractivity contribution >= 4 is 42.5 Å². The number of hydrogen-bond acceptors (Lipinski definition) is 8. The van der Waals surface area contributed by atoms with Crippen molar-refractivity contribution in [2.45, 2.75) is 58.8 Å². The Morgan fingerprint density at radius 3 is 2.54 bits per heavy atom. The van der Waals surface area contributed by atoms with Gasteiger partial charge in [-0.25, -0.2) is 19.4 Å². The first-order valence-electron chi connectivity index (χ1n) is 12.8. The van der Waals surface area contributed by atoms with Crippen molar-refractivity contribution in [3.63, 3.8) is 0 Å². The number of nitrogens with one attached hydrogen (secondary N) is 1. The Bertz CT molecular complexity index is 1210. The molecular formula is C26H39N7O3Si. The van der Waals surface area contributed by atoms with Crippen molar-refractivity contribution in [2.24, 2.45) is 0 Å². The molecule has 0 radical (unpaired) electrons. The fraction of sp³-hybridized carbons (Fsp3) is 0.538. The highest BCUT2D eigenvalue weighted by Crippen LogP contribution is 2.23. The summed E-state index contributed by atoms with van der Waals surface area (Å²) in [6.07, 6.45) is 3.29. The third kappa shape index (κ3) is 7.65. The second kappa shape index (κ2) is 11.1. The largest absolute Gasteiger partial charge is 0.444 e. The summed E-state index contributed by atoms with van der Waals surface area (Å²) in [6.45, 7) is 16.5. The molecule has 0 saturated carbocycles. The molecule has 200 valence electrons. The Morgan fingerprint density at radius 1 is 1.08 bits per heavy atom. The van der Waals surface area contributed by atoms with Gasteiger partial charge >= 0.3 is 6.09 Å². The Kier molecular flexibility index (Phi) is 8.03. The summed E-state index contributed by atoms with van der Waals surface area (Å²) in [5.41, 5.74) is 2.29. The zero-order valence-electron chi connectivity index (χ0n) is 22.8. The van der Waals surface area contributed by atoms with E-state index in [-0.39, 0.29) is 6.09 Å². The van der Waals surface area contributed by atoms with Crippen LogP contribution in [0.15, 0.2) is 36.7 Å². The highest BCUT2D eigenvalue weighted by atomic mass is 28.3. The van der Waals surface area contributed by atoms with Crippen molar-refractivity contribution in [2.75, 3.05) is 43.0 Å². The van der Waals surface area contributed by atoms with Gasteiger partial charge in [0.1, 0.15) is 29.5 Å². The number of nitrogens with zero attached hydrogens (tertiary/aromatic N) is 6. The smallest absolute Gasteiger partial charge is 0.410 e. The molecule has 1 aliphatic heterocycles. The van der Waals surface area contributed by atoms with Gasteiger partial charge in [-0.1, -0.05) is 19.6 Å². The van der Waals surface area contributed by atoms with Crippen LogP contribution in [0.2, 0.25) is 25.7 Å². The number of carbonyl (C=O) groups excluding carboxylic acids is 1. The van der Waals surface area contributed by atoms with Crippen molar-refractivity contribution in [3.8, 4) is 0 Å². The van der Waals surface area contributed by atoms with Crippen LogP contribution < -0.4 is 10.2 Å². The average Bonchev–Trinajstić information content (AvgIpc) is 3.22. The Hall–Kier alpha value is -3.18. The number of pyridine rings is 2. The zero-order chi connectivity index (χ0) is 26.6. The molecule has 10 nitrogen and oxygen atoms in total. The number of carbonyl (C=O) groups is 1. The summed E-state index contributed by atoms with van der Waals surface area (Å²) in [4.78, 5) is 25.5. The van der Waals surface area contributed by atoms with Gasteiger partial charge in [-0.15, -0.1) is 0 Å². The van der Waals surface area contributed by atoms with Crippen LogP contribution in [0.3, 0.4) is 0 Å². The number of amides is 1. The van der Waals surface area contributed by atoms with Crippen LogP contribution in [-0.2, 0) is 16.2 Å². The lowest BCUT2D eigenvalue weighted by atomic mass is 10.2. The van der Waals surface area contributed by atoms with Gasteiger partial charge in [0.05, 0.1) is 11.7 Å². The van der Waals surface area contributed by atoms with Crippen molar-refractivity contribution in [3.05, 3.63) is 36.7 Å². The van der Waals surface area contributed by atoms with Gasteiger partial charge in [-0.05, 0) is 45.0 Å². The Balaban J connectivity index is 1.34. The highest BCUT2D eigenvalue weighted by molar-refractivity contribution is 6.76. The molecule has 4 rings (SSSR count). The second-order valence-corrected chi connectivity index (χ2v) is 17.2. The van der Waals surface area contributed by atoms with Crippen LogP contribution in [0.1, 0.15) is 20.8 Å². The van der Waals surface area contributed by atoms with Gasteiger partial charge in [0, 0.05) is 58.8 Å². The van der Waals surface area contributed by atoms with Gasteiger partial charge in [0.15, 0.2) is 0 Å². The molecule has 0 atom stereocenters. The van der Waals surface area contributed by atoms with Crippen LogP contribution in [-0.4, -0.2) is 77.2 Å². The molecule has 0 aromatic carbocycles. The number of anilines is 3. The van der Waals surface area contributed by atoms with Crippen LogP contribution in [0.25, 0.3) is 11.0 Å². The molecule has 37 heavy (non-hydrogen) atoms. The van der Waals surface area contributed by atoms with Gasteiger partial charge < -0.3 is 24.6 Å². The standard InChI is InChI=1S/C26H39N7O3Si/c1-26(2,3)36-25(34)32-13-11-31(12-14-32)20-9-10-27-24(17-20)30-23-8-7-22-21(29-23)18-28-33(22)19-35-15-16-37(4,5)6/h7-10,17-18H,11-16,19H2,1-6H3,(H,27,29,30). The molecule has 0 spiro atoms. The number of aromatic nitrogens is 4. The minimum Gasteiger partial charge on any atom is -0.444 e. The molecule has 11 heteroatoms. The molecule has 0 aliphatic carbocycles. The molecule has 0 unspecified atom stereocenters. The highest BCUT2D eigenvalue weighted by Gasteiger charge is 2.26. The van der Waals surface area contributed by atoms with E-state index in [0.29, 0.717) is 31.5 Å². The summed E-state index contributed by atoms with van der Waals surface area (Å²) < 4.78 is 13.2. The zero-order valence-corrected chi connectivity index (χ0v) is 23.8. The molecule has 1 aliphatic rings. The summed E-state index contributed by atoms with van der Waals surface area (Å²) in [6, 6.07) is 9.04. The molecule has 1 saturated heterocycles. The van der Waals surface area contributed by atoms with E-state index in [1.165, 1.54) is 0 Å². The maximum Gasteiger partial charge on any atom is 0.410 e. The molecule has 3 aromatic rings. The minimum absolute atomic E-state index is 0.257. The topological polar surface area (TPSA) is 97.6 Å². The Labute approximate surface area is 220 Å². The fourth-order valence-corrected chi connectivity index (χ4v) is 4.72. The summed E-state index contributed by atoms with van der Waals surface area (Å²) in [5.74, 6) is 1.41. The SMILES string of the molecule is CC(C)(C)OC(=O)N1CCN(c2ccnc(Nc3ccc4c(cnn4COCC[Si](C)(C)C)n3)c2)CC1. The van der Waals surface area contributed by atoms with Crippen LogP contribution in [0.4, 0.5) is 22.1 Å². The van der Waals surface area contributed by atoms with E-state index in [4.69, 9.17) is 14.5 Å². The predicted molar refractivity (Wildman–Crippen MR) is 149 cm³/mol. The van der Waals surface area contributed by atoms with E-state index in [0.717, 1.165) is 42.5 Å². The van der Waals surface area contributed by atoms with E-state index < -0.39 is 13.7 Å². The van der Waals surface area contributed by atoms with Gasteiger partial charge in [0.2, 0.25) is 0 Å². The van der Waals surface area contributed by atoms with E-state index in [9.17, 15) is 4.79 Å².